The number of non-ortho nitro benzene ring substituents is 1. The molecule has 1 N–H and O–H groups in total. The van der Waals surface area contributed by atoms with Gasteiger partial charge in [-0.25, -0.2) is 0 Å². The largest absolute Gasteiger partial charge is 0.491 e. The van der Waals surface area contributed by atoms with Crippen molar-refractivity contribution in [1.29, 1.82) is 0 Å². The van der Waals surface area contributed by atoms with Gasteiger partial charge in [0.15, 0.2) is 0 Å². The molecule has 128 valence electrons. The van der Waals surface area contributed by atoms with Gasteiger partial charge in [0.05, 0.1) is 24.2 Å². The lowest BCUT2D eigenvalue weighted by Crippen LogP contribution is -3.15. The Bertz CT molecular complexity index is 501. The summed E-state index contributed by atoms with van der Waals surface area (Å²) in [5.74, 6) is 0.490. The zero-order chi connectivity index (χ0) is 16.7. The van der Waals surface area contributed by atoms with Crippen LogP contribution >= 0.6 is 0 Å². The SMILES string of the molecule is C[C@H]1C[NH+](CCOCCOc2cccc([N+](=O)[O-])c2)C[C@H](C)O1. The lowest BCUT2D eigenvalue weighted by Gasteiger charge is -2.32. The molecule has 0 unspecified atom stereocenters. The Kier molecular flexibility index (Phi) is 6.76. The number of hydrogen-bond acceptors (Lipinski definition) is 5. The van der Waals surface area contributed by atoms with Crippen molar-refractivity contribution in [2.75, 3.05) is 39.5 Å². The molecule has 23 heavy (non-hydrogen) atoms. The van der Waals surface area contributed by atoms with E-state index >= 15 is 0 Å². The van der Waals surface area contributed by atoms with Crippen LogP contribution in [0.15, 0.2) is 24.3 Å². The maximum absolute atomic E-state index is 10.7. The molecule has 0 bridgehead atoms. The van der Waals surface area contributed by atoms with Crippen LogP contribution < -0.4 is 9.64 Å². The molecule has 0 radical (unpaired) electrons. The van der Waals surface area contributed by atoms with Crippen LogP contribution in [0.4, 0.5) is 5.69 Å². The van der Waals surface area contributed by atoms with Crippen molar-refractivity contribution in [2.45, 2.75) is 26.1 Å². The zero-order valence-electron chi connectivity index (χ0n) is 13.7. The van der Waals surface area contributed by atoms with Gasteiger partial charge < -0.3 is 19.1 Å². The topological polar surface area (TPSA) is 75.3 Å². The van der Waals surface area contributed by atoms with Gasteiger partial charge >= 0.3 is 0 Å². The molecule has 1 aromatic carbocycles. The Hall–Kier alpha value is -1.70. The first-order chi connectivity index (χ1) is 11.0. The molecule has 0 aliphatic carbocycles. The molecule has 0 saturated carbocycles. The molecule has 1 saturated heterocycles. The highest BCUT2D eigenvalue weighted by Crippen LogP contribution is 2.18. The van der Waals surface area contributed by atoms with Gasteiger partial charge in [-0.1, -0.05) is 6.07 Å². The predicted octanol–water partition coefficient (Wildman–Crippen LogP) is 0.682. The molecule has 0 aromatic heterocycles. The van der Waals surface area contributed by atoms with Crippen molar-refractivity contribution in [3.8, 4) is 5.75 Å². The van der Waals surface area contributed by atoms with Gasteiger partial charge in [0.25, 0.3) is 5.69 Å². The molecule has 1 aromatic rings. The zero-order valence-corrected chi connectivity index (χ0v) is 13.7. The minimum absolute atomic E-state index is 0.0302. The van der Waals surface area contributed by atoms with E-state index in [9.17, 15) is 10.1 Å². The molecule has 1 aliphatic rings. The van der Waals surface area contributed by atoms with E-state index in [-0.39, 0.29) is 5.69 Å². The summed E-state index contributed by atoms with van der Waals surface area (Å²) in [6.45, 7) is 8.70. The number of nitro groups is 1. The van der Waals surface area contributed by atoms with Gasteiger partial charge in [0.1, 0.15) is 44.2 Å². The summed E-state index contributed by atoms with van der Waals surface area (Å²) in [5, 5.41) is 10.7. The lowest BCUT2D eigenvalue weighted by molar-refractivity contribution is -0.915. The highest BCUT2D eigenvalue weighted by molar-refractivity contribution is 5.37. The number of hydrogen-bond donors (Lipinski definition) is 1. The van der Waals surface area contributed by atoms with Crippen LogP contribution in [0.5, 0.6) is 5.75 Å². The minimum atomic E-state index is -0.434. The van der Waals surface area contributed by atoms with Gasteiger partial charge in [0, 0.05) is 6.07 Å². The predicted molar refractivity (Wildman–Crippen MR) is 85.0 cm³/mol. The van der Waals surface area contributed by atoms with Crippen LogP contribution in [0.3, 0.4) is 0 Å². The van der Waals surface area contributed by atoms with E-state index in [1.165, 1.54) is 17.0 Å². The highest BCUT2D eigenvalue weighted by atomic mass is 16.6. The third-order valence-electron chi connectivity index (χ3n) is 3.74. The van der Waals surface area contributed by atoms with Crippen molar-refractivity contribution >= 4 is 5.69 Å². The monoisotopic (exact) mass is 325 g/mol. The lowest BCUT2D eigenvalue weighted by atomic mass is 10.2. The van der Waals surface area contributed by atoms with E-state index in [2.05, 4.69) is 13.8 Å². The Labute approximate surface area is 136 Å². The summed E-state index contributed by atoms with van der Waals surface area (Å²) in [6, 6.07) is 6.17. The molecule has 2 rings (SSSR count). The van der Waals surface area contributed by atoms with Gasteiger partial charge in [-0.3, -0.25) is 10.1 Å². The fourth-order valence-corrected chi connectivity index (χ4v) is 2.82. The second-order valence-corrected chi connectivity index (χ2v) is 5.88. The summed E-state index contributed by atoms with van der Waals surface area (Å²) in [5.41, 5.74) is 0.0302. The van der Waals surface area contributed by atoms with Gasteiger partial charge in [-0.15, -0.1) is 0 Å². The summed E-state index contributed by atoms with van der Waals surface area (Å²) < 4.78 is 16.8. The Morgan fingerprint density at radius 2 is 2.00 bits per heavy atom. The number of rotatable bonds is 8. The average molecular weight is 325 g/mol. The van der Waals surface area contributed by atoms with Gasteiger partial charge in [0.2, 0.25) is 0 Å². The van der Waals surface area contributed by atoms with E-state index in [0.717, 1.165) is 19.6 Å². The van der Waals surface area contributed by atoms with Crippen LogP contribution in [-0.2, 0) is 9.47 Å². The Morgan fingerprint density at radius 3 is 2.70 bits per heavy atom. The van der Waals surface area contributed by atoms with E-state index < -0.39 is 4.92 Å². The van der Waals surface area contributed by atoms with Crippen LogP contribution in [0.2, 0.25) is 0 Å². The second-order valence-electron chi connectivity index (χ2n) is 5.88. The first-order valence-electron chi connectivity index (χ1n) is 7.98. The van der Waals surface area contributed by atoms with Crippen LogP contribution in [0.1, 0.15) is 13.8 Å². The number of nitro benzene ring substituents is 1. The van der Waals surface area contributed by atoms with Crippen molar-refractivity contribution in [1.82, 2.24) is 0 Å². The van der Waals surface area contributed by atoms with Crippen molar-refractivity contribution in [3.05, 3.63) is 34.4 Å². The number of benzene rings is 1. The van der Waals surface area contributed by atoms with Crippen LogP contribution in [0, 0.1) is 10.1 Å². The molecule has 0 spiro atoms. The first kappa shape index (κ1) is 17.7. The highest BCUT2D eigenvalue weighted by Gasteiger charge is 2.24. The fourth-order valence-electron chi connectivity index (χ4n) is 2.82. The van der Waals surface area contributed by atoms with Crippen molar-refractivity contribution in [3.63, 3.8) is 0 Å². The quantitative estimate of drug-likeness (QED) is 0.432. The molecule has 1 fully saturated rings. The molecular formula is C16H25N2O5+. The van der Waals surface area contributed by atoms with E-state index in [1.54, 1.807) is 12.1 Å². The van der Waals surface area contributed by atoms with E-state index in [1.807, 2.05) is 0 Å². The van der Waals surface area contributed by atoms with E-state index in [4.69, 9.17) is 14.2 Å². The van der Waals surface area contributed by atoms with Gasteiger partial charge in [-0.05, 0) is 19.9 Å². The van der Waals surface area contributed by atoms with Crippen molar-refractivity contribution in [2.24, 2.45) is 0 Å². The summed E-state index contributed by atoms with van der Waals surface area (Å²) in [7, 11) is 0. The molecule has 1 heterocycles. The maximum Gasteiger partial charge on any atom is 0.273 e. The summed E-state index contributed by atoms with van der Waals surface area (Å²) >= 11 is 0. The number of nitrogens with zero attached hydrogens (tertiary/aromatic N) is 1. The maximum atomic E-state index is 10.7. The Morgan fingerprint density at radius 1 is 1.26 bits per heavy atom. The number of ether oxygens (including phenoxy) is 3. The standard InChI is InChI=1S/C16H24N2O5/c1-13-11-17(12-14(2)23-13)6-7-21-8-9-22-16-5-3-4-15(10-16)18(19)20/h3-5,10,13-14H,6-9,11-12H2,1-2H3/p+1/t13-,14-/m0/s1. The minimum Gasteiger partial charge on any atom is -0.491 e. The van der Waals surface area contributed by atoms with E-state index in [0.29, 0.717) is 37.8 Å². The normalized spacial score (nSPS) is 24.3. The molecule has 2 atom stereocenters. The number of morpholine rings is 1. The molecular weight excluding hydrogens is 300 g/mol. The van der Waals surface area contributed by atoms with Crippen LogP contribution in [-0.4, -0.2) is 56.6 Å². The van der Waals surface area contributed by atoms with Gasteiger partial charge in [-0.2, -0.15) is 0 Å². The molecule has 1 aliphatic heterocycles. The molecule has 7 nitrogen and oxygen atoms in total. The number of quaternary nitrogens is 1. The van der Waals surface area contributed by atoms with Crippen LogP contribution in [0.25, 0.3) is 0 Å². The first-order valence-corrected chi connectivity index (χ1v) is 7.98. The summed E-state index contributed by atoms with van der Waals surface area (Å²) in [4.78, 5) is 11.7. The average Bonchev–Trinajstić information content (AvgIpc) is 2.50. The Balaban J connectivity index is 1.59. The third kappa shape index (κ3) is 6.13. The third-order valence-corrected chi connectivity index (χ3v) is 3.74. The molecule has 7 heteroatoms. The number of nitrogens with one attached hydrogen (secondary N) is 1. The fraction of sp³-hybridized carbons (Fsp3) is 0.625. The second kappa shape index (κ2) is 8.81. The molecule has 0 amide bonds. The summed E-state index contributed by atoms with van der Waals surface area (Å²) in [6.07, 6.45) is 0.594. The smallest absolute Gasteiger partial charge is 0.273 e. The van der Waals surface area contributed by atoms with Crippen molar-refractivity contribution < 1.29 is 24.0 Å².